The van der Waals surface area contributed by atoms with E-state index in [1.54, 1.807) is 19.1 Å². The summed E-state index contributed by atoms with van der Waals surface area (Å²) >= 11 is 0. The summed E-state index contributed by atoms with van der Waals surface area (Å²) in [5.74, 6) is 0.560. The Morgan fingerprint density at radius 3 is 2.43 bits per heavy atom. The maximum absolute atomic E-state index is 11.7. The number of aromatic hydroxyl groups is 1. The van der Waals surface area contributed by atoms with E-state index in [1.165, 1.54) is 18.4 Å². The Morgan fingerprint density at radius 1 is 1.24 bits per heavy atom. The number of amides is 1. The highest BCUT2D eigenvalue weighted by Crippen LogP contribution is 2.35. The summed E-state index contributed by atoms with van der Waals surface area (Å²) < 4.78 is 0. The van der Waals surface area contributed by atoms with E-state index in [-0.39, 0.29) is 5.91 Å². The van der Waals surface area contributed by atoms with Gasteiger partial charge in [0.1, 0.15) is 5.75 Å². The van der Waals surface area contributed by atoms with E-state index >= 15 is 0 Å². The first-order valence-electron chi connectivity index (χ1n) is 7.93. The van der Waals surface area contributed by atoms with Gasteiger partial charge in [0.05, 0.1) is 0 Å². The molecule has 0 spiro atoms. The number of carbonyl (C=O) groups is 1. The van der Waals surface area contributed by atoms with Crippen molar-refractivity contribution in [2.45, 2.75) is 57.2 Å². The number of phenolic OH excluding ortho intramolecular Hbond substituents is 1. The average molecular weight is 288 g/mol. The molecule has 114 valence electrons. The van der Waals surface area contributed by atoms with E-state index in [4.69, 9.17) is 0 Å². The second-order valence-corrected chi connectivity index (χ2v) is 6.35. The molecule has 0 unspecified atom stereocenters. The fraction of sp³-hybridized carbons (Fsp3) is 0.588. The van der Waals surface area contributed by atoms with Gasteiger partial charge in [-0.3, -0.25) is 4.79 Å². The third-order valence-electron chi connectivity index (χ3n) is 4.88. The van der Waals surface area contributed by atoms with Gasteiger partial charge in [0.25, 0.3) is 0 Å². The van der Waals surface area contributed by atoms with Gasteiger partial charge in [-0.1, -0.05) is 12.1 Å². The first kappa shape index (κ1) is 14.4. The molecule has 2 aliphatic rings. The lowest BCUT2D eigenvalue weighted by molar-refractivity contribution is -0.133. The van der Waals surface area contributed by atoms with Crippen molar-refractivity contribution >= 4 is 5.91 Å². The Labute approximate surface area is 126 Å². The fourth-order valence-electron chi connectivity index (χ4n) is 3.94. The molecule has 2 heterocycles. The molecule has 2 aliphatic heterocycles. The molecule has 1 aromatic rings. The molecular formula is C17H24N2O2. The third-order valence-corrected chi connectivity index (χ3v) is 4.88. The number of carbonyl (C=O) groups excluding carboxylic acids is 1. The fourth-order valence-corrected chi connectivity index (χ4v) is 3.94. The molecule has 4 nitrogen and oxygen atoms in total. The first-order valence-corrected chi connectivity index (χ1v) is 7.93. The van der Waals surface area contributed by atoms with Crippen LogP contribution in [0.5, 0.6) is 5.75 Å². The normalized spacial score (nSPS) is 27.9. The summed E-state index contributed by atoms with van der Waals surface area (Å²) in [7, 11) is 0. The van der Waals surface area contributed by atoms with Crippen molar-refractivity contribution < 1.29 is 9.90 Å². The van der Waals surface area contributed by atoms with Crippen LogP contribution in [-0.4, -0.2) is 40.6 Å². The molecule has 1 amide bonds. The number of nitrogens with zero attached hydrogens (tertiary/aromatic N) is 1. The Morgan fingerprint density at radius 2 is 1.86 bits per heavy atom. The molecule has 2 fully saturated rings. The van der Waals surface area contributed by atoms with E-state index < -0.39 is 0 Å². The van der Waals surface area contributed by atoms with Gasteiger partial charge in [0.15, 0.2) is 0 Å². The number of hydrogen-bond donors (Lipinski definition) is 2. The van der Waals surface area contributed by atoms with Crippen LogP contribution in [0.25, 0.3) is 0 Å². The molecule has 4 heteroatoms. The highest BCUT2D eigenvalue weighted by Gasteiger charge is 2.41. The molecular weight excluding hydrogens is 264 g/mol. The summed E-state index contributed by atoms with van der Waals surface area (Å²) in [5, 5.41) is 12.9. The van der Waals surface area contributed by atoms with Crippen LogP contribution in [0.15, 0.2) is 24.3 Å². The van der Waals surface area contributed by atoms with Crippen molar-refractivity contribution in [3.05, 3.63) is 29.8 Å². The number of hydrogen-bond acceptors (Lipinski definition) is 3. The Bertz CT molecular complexity index is 486. The van der Waals surface area contributed by atoms with Crippen molar-refractivity contribution in [2.24, 2.45) is 0 Å². The molecule has 0 radical (unpaired) electrons. The molecule has 1 aromatic carbocycles. The van der Waals surface area contributed by atoms with E-state index in [1.807, 2.05) is 12.1 Å². The number of phenols is 1. The zero-order valence-corrected chi connectivity index (χ0v) is 12.6. The van der Waals surface area contributed by atoms with Gasteiger partial charge in [-0.2, -0.15) is 0 Å². The maximum atomic E-state index is 11.7. The number of fused-ring (bicyclic) bond motifs is 2. The summed E-state index contributed by atoms with van der Waals surface area (Å²) in [4.78, 5) is 13.8. The van der Waals surface area contributed by atoms with Crippen LogP contribution in [-0.2, 0) is 11.2 Å². The summed E-state index contributed by atoms with van der Waals surface area (Å²) in [6.07, 6.45) is 5.49. The summed E-state index contributed by atoms with van der Waals surface area (Å²) in [5.41, 5.74) is 1.24. The smallest absolute Gasteiger partial charge is 0.219 e. The lowest BCUT2D eigenvalue weighted by Crippen LogP contribution is -2.51. The molecule has 21 heavy (non-hydrogen) atoms. The largest absolute Gasteiger partial charge is 0.508 e. The minimum absolute atomic E-state index is 0.241. The molecule has 2 saturated heterocycles. The molecule has 0 saturated carbocycles. The van der Waals surface area contributed by atoms with Gasteiger partial charge >= 0.3 is 0 Å². The summed E-state index contributed by atoms with van der Waals surface area (Å²) in [6, 6.07) is 8.86. The second-order valence-electron chi connectivity index (χ2n) is 6.35. The van der Waals surface area contributed by atoms with Gasteiger partial charge in [0.2, 0.25) is 5.91 Å². The quantitative estimate of drug-likeness (QED) is 0.892. The van der Waals surface area contributed by atoms with Gasteiger partial charge in [-0.15, -0.1) is 0 Å². The van der Waals surface area contributed by atoms with Crippen LogP contribution in [0.2, 0.25) is 0 Å². The highest BCUT2D eigenvalue weighted by atomic mass is 16.3. The number of piperidine rings is 1. The third kappa shape index (κ3) is 3.21. The lowest BCUT2D eigenvalue weighted by atomic mass is 9.97. The first-order chi connectivity index (χ1) is 10.1. The van der Waals surface area contributed by atoms with Crippen molar-refractivity contribution in [3.63, 3.8) is 0 Å². The molecule has 3 atom stereocenters. The van der Waals surface area contributed by atoms with Crippen molar-refractivity contribution in [1.29, 1.82) is 0 Å². The Kier molecular flexibility index (Phi) is 4.15. The van der Waals surface area contributed by atoms with Crippen LogP contribution in [0.1, 0.15) is 38.2 Å². The van der Waals surface area contributed by atoms with Gasteiger partial charge in [-0.25, -0.2) is 0 Å². The standard InChI is InChI=1S/C17H24N2O2/c1-12(20)19-15-4-5-16(19)11-14(10-15)18-9-8-13-2-6-17(21)7-3-13/h2-3,6-7,14-16,18,21H,4-5,8-11H2,1H3/t14-,15+,16-. The average Bonchev–Trinajstić information content (AvgIpc) is 2.73. The monoisotopic (exact) mass is 288 g/mol. The Hall–Kier alpha value is -1.55. The topological polar surface area (TPSA) is 52.6 Å². The number of rotatable bonds is 4. The van der Waals surface area contributed by atoms with E-state index in [9.17, 15) is 9.90 Å². The van der Waals surface area contributed by atoms with Crippen LogP contribution >= 0.6 is 0 Å². The molecule has 0 aromatic heterocycles. The molecule has 2 bridgehead atoms. The van der Waals surface area contributed by atoms with Crippen LogP contribution in [0.3, 0.4) is 0 Å². The zero-order valence-electron chi connectivity index (χ0n) is 12.6. The van der Waals surface area contributed by atoms with Crippen molar-refractivity contribution in [2.75, 3.05) is 6.54 Å². The van der Waals surface area contributed by atoms with E-state index in [0.29, 0.717) is 23.9 Å². The van der Waals surface area contributed by atoms with Crippen LogP contribution < -0.4 is 5.32 Å². The van der Waals surface area contributed by atoms with Gasteiger partial charge in [0, 0.05) is 25.0 Å². The highest BCUT2D eigenvalue weighted by molar-refractivity contribution is 5.74. The van der Waals surface area contributed by atoms with Gasteiger partial charge in [-0.05, 0) is 56.3 Å². The second kappa shape index (κ2) is 6.06. The van der Waals surface area contributed by atoms with Gasteiger partial charge < -0.3 is 15.3 Å². The number of benzene rings is 1. The Balaban J connectivity index is 1.47. The SMILES string of the molecule is CC(=O)N1[C@@H]2CC[C@H]1C[C@@H](NCCc1ccc(O)cc1)C2. The predicted molar refractivity (Wildman–Crippen MR) is 82.2 cm³/mol. The van der Waals surface area contributed by atoms with Crippen LogP contribution in [0, 0.1) is 0 Å². The predicted octanol–water partition coefficient (Wildman–Crippen LogP) is 2.07. The minimum atomic E-state index is 0.241. The van der Waals surface area contributed by atoms with E-state index in [0.717, 1.165) is 25.8 Å². The van der Waals surface area contributed by atoms with Crippen LogP contribution in [0.4, 0.5) is 0 Å². The van der Waals surface area contributed by atoms with E-state index in [2.05, 4.69) is 10.2 Å². The maximum Gasteiger partial charge on any atom is 0.219 e. The number of nitrogens with one attached hydrogen (secondary N) is 1. The minimum Gasteiger partial charge on any atom is -0.508 e. The van der Waals surface area contributed by atoms with Crippen molar-refractivity contribution in [1.82, 2.24) is 10.2 Å². The summed E-state index contributed by atoms with van der Waals surface area (Å²) in [6.45, 7) is 2.65. The van der Waals surface area contributed by atoms with Crippen molar-refractivity contribution in [3.8, 4) is 5.75 Å². The molecule has 3 rings (SSSR count). The lowest BCUT2D eigenvalue weighted by Gasteiger charge is -2.38. The molecule has 2 N–H and O–H groups in total. The molecule has 0 aliphatic carbocycles. The zero-order chi connectivity index (χ0) is 14.8.